The SMILES string of the molecule is Cc1ccc([C@H]2CC(C)(C)SS2)cc1. The smallest absolute Gasteiger partial charge is 0.0414 e. The molecule has 0 bridgehead atoms. The lowest BCUT2D eigenvalue weighted by atomic mass is 10.0. The second-order valence-electron chi connectivity index (χ2n) is 4.54. The summed E-state index contributed by atoms with van der Waals surface area (Å²) in [5, 5.41) is 0.690. The molecule has 0 nitrogen and oxygen atoms in total. The van der Waals surface area contributed by atoms with Crippen molar-refractivity contribution in [2.75, 3.05) is 0 Å². The van der Waals surface area contributed by atoms with E-state index in [1.54, 1.807) is 0 Å². The van der Waals surface area contributed by atoms with Crippen molar-refractivity contribution in [3.05, 3.63) is 35.4 Å². The van der Waals surface area contributed by atoms with Crippen LogP contribution in [0.15, 0.2) is 24.3 Å². The zero-order valence-corrected chi connectivity index (χ0v) is 10.5. The third kappa shape index (κ3) is 2.29. The average Bonchev–Trinajstić information content (AvgIpc) is 2.47. The highest BCUT2D eigenvalue weighted by atomic mass is 33.1. The van der Waals surface area contributed by atoms with Crippen molar-refractivity contribution in [3.8, 4) is 0 Å². The molecule has 2 heteroatoms. The quantitative estimate of drug-likeness (QED) is 0.639. The van der Waals surface area contributed by atoms with Crippen LogP contribution in [0.3, 0.4) is 0 Å². The maximum atomic E-state index is 2.33. The summed E-state index contributed by atoms with van der Waals surface area (Å²) < 4.78 is 0.445. The highest BCUT2D eigenvalue weighted by molar-refractivity contribution is 8.77. The number of hydrogen-bond acceptors (Lipinski definition) is 2. The molecule has 14 heavy (non-hydrogen) atoms. The van der Waals surface area contributed by atoms with E-state index in [0.29, 0.717) is 10.00 Å². The molecule has 1 fully saturated rings. The third-order valence-electron chi connectivity index (χ3n) is 2.52. The molecule has 1 heterocycles. The van der Waals surface area contributed by atoms with Gasteiger partial charge in [0.1, 0.15) is 0 Å². The summed E-state index contributed by atoms with van der Waals surface area (Å²) in [6.07, 6.45) is 1.28. The Balaban J connectivity index is 2.14. The van der Waals surface area contributed by atoms with Crippen molar-refractivity contribution in [2.24, 2.45) is 0 Å². The Bertz CT molecular complexity index is 314. The van der Waals surface area contributed by atoms with Gasteiger partial charge in [0.25, 0.3) is 0 Å². The highest BCUT2D eigenvalue weighted by Gasteiger charge is 2.33. The van der Waals surface area contributed by atoms with Crippen LogP contribution in [0.1, 0.15) is 36.6 Å². The van der Waals surface area contributed by atoms with Crippen LogP contribution in [0.2, 0.25) is 0 Å². The van der Waals surface area contributed by atoms with Gasteiger partial charge in [-0.2, -0.15) is 0 Å². The molecule has 1 saturated heterocycles. The summed E-state index contributed by atoms with van der Waals surface area (Å²) in [4.78, 5) is 0. The fraction of sp³-hybridized carbons (Fsp3) is 0.500. The van der Waals surface area contributed by atoms with Crippen LogP contribution in [0, 0.1) is 6.92 Å². The maximum absolute atomic E-state index is 2.33. The lowest BCUT2D eigenvalue weighted by Gasteiger charge is -2.14. The van der Waals surface area contributed by atoms with E-state index < -0.39 is 0 Å². The summed E-state index contributed by atoms with van der Waals surface area (Å²) in [6.45, 7) is 6.81. The number of hydrogen-bond donors (Lipinski definition) is 0. The van der Waals surface area contributed by atoms with Gasteiger partial charge in [0.2, 0.25) is 0 Å². The number of benzene rings is 1. The predicted octanol–water partition coefficient (Wildman–Crippen LogP) is 4.60. The Kier molecular flexibility index (Phi) is 2.85. The van der Waals surface area contributed by atoms with Crippen LogP contribution in [0.5, 0.6) is 0 Å². The van der Waals surface area contributed by atoms with Crippen LogP contribution >= 0.6 is 21.6 Å². The second kappa shape index (κ2) is 3.82. The molecule has 76 valence electrons. The molecule has 1 aliphatic heterocycles. The van der Waals surface area contributed by atoms with Crippen molar-refractivity contribution >= 4 is 21.6 Å². The van der Waals surface area contributed by atoms with Crippen molar-refractivity contribution in [3.63, 3.8) is 0 Å². The van der Waals surface area contributed by atoms with Gasteiger partial charge in [-0.05, 0) is 32.8 Å². The third-order valence-corrected chi connectivity index (χ3v) is 6.24. The van der Waals surface area contributed by atoms with Crippen LogP contribution < -0.4 is 0 Å². The minimum absolute atomic E-state index is 0.445. The second-order valence-corrected chi connectivity index (χ2v) is 7.65. The van der Waals surface area contributed by atoms with E-state index >= 15 is 0 Å². The highest BCUT2D eigenvalue weighted by Crippen LogP contribution is 2.57. The Hall–Kier alpha value is -0.0800. The van der Waals surface area contributed by atoms with Gasteiger partial charge in [-0.3, -0.25) is 0 Å². The largest absolute Gasteiger partial charge is 0.0872 e. The van der Waals surface area contributed by atoms with Crippen molar-refractivity contribution in [2.45, 2.75) is 37.2 Å². The Labute approximate surface area is 94.3 Å². The van der Waals surface area contributed by atoms with Crippen LogP contribution in [0.4, 0.5) is 0 Å². The van der Waals surface area contributed by atoms with E-state index in [1.165, 1.54) is 17.5 Å². The minimum atomic E-state index is 0.445. The van der Waals surface area contributed by atoms with Gasteiger partial charge < -0.3 is 0 Å². The van der Waals surface area contributed by atoms with Crippen LogP contribution in [-0.4, -0.2) is 4.75 Å². The van der Waals surface area contributed by atoms with E-state index in [9.17, 15) is 0 Å². The summed E-state index contributed by atoms with van der Waals surface area (Å²) in [5.74, 6) is 0. The van der Waals surface area contributed by atoms with Crippen molar-refractivity contribution < 1.29 is 0 Å². The van der Waals surface area contributed by atoms with Crippen LogP contribution in [-0.2, 0) is 0 Å². The molecule has 1 atom stereocenters. The van der Waals surface area contributed by atoms with Gasteiger partial charge in [-0.1, -0.05) is 51.4 Å². The molecule has 0 saturated carbocycles. The Morgan fingerprint density at radius 3 is 2.36 bits per heavy atom. The van der Waals surface area contributed by atoms with Crippen molar-refractivity contribution in [1.82, 2.24) is 0 Å². The summed E-state index contributed by atoms with van der Waals surface area (Å²) in [5.41, 5.74) is 2.84. The van der Waals surface area contributed by atoms with E-state index in [0.717, 1.165) is 0 Å². The fourth-order valence-electron chi connectivity index (χ4n) is 1.66. The molecule has 0 aliphatic carbocycles. The molecule has 0 amide bonds. The van der Waals surface area contributed by atoms with Gasteiger partial charge in [0.05, 0.1) is 0 Å². The maximum Gasteiger partial charge on any atom is 0.0414 e. The number of aryl methyl sites for hydroxylation is 1. The summed E-state index contributed by atoms with van der Waals surface area (Å²) >= 11 is 0. The van der Waals surface area contributed by atoms with Gasteiger partial charge in [0.15, 0.2) is 0 Å². The van der Waals surface area contributed by atoms with E-state index in [-0.39, 0.29) is 0 Å². The summed E-state index contributed by atoms with van der Waals surface area (Å²) in [7, 11) is 4.05. The molecule has 0 unspecified atom stereocenters. The van der Waals surface area contributed by atoms with E-state index in [2.05, 4.69) is 45.0 Å². The summed E-state index contributed by atoms with van der Waals surface area (Å²) in [6, 6.07) is 8.97. The van der Waals surface area contributed by atoms with Crippen molar-refractivity contribution in [1.29, 1.82) is 0 Å². The van der Waals surface area contributed by atoms with Crippen LogP contribution in [0.25, 0.3) is 0 Å². The Morgan fingerprint density at radius 1 is 1.21 bits per heavy atom. The molecule has 0 spiro atoms. The molecular formula is C12H16S2. The normalized spacial score (nSPS) is 25.2. The number of rotatable bonds is 1. The average molecular weight is 224 g/mol. The molecule has 1 aromatic carbocycles. The zero-order chi connectivity index (χ0) is 10.2. The first-order valence-electron chi connectivity index (χ1n) is 4.98. The van der Waals surface area contributed by atoms with Gasteiger partial charge >= 0.3 is 0 Å². The molecular weight excluding hydrogens is 208 g/mol. The Morgan fingerprint density at radius 2 is 1.86 bits per heavy atom. The molecule has 1 aromatic rings. The minimum Gasteiger partial charge on any atom is -0.0872 e. The molecule has 1 aliphatic rings. The standard InChI is InChI=1S/C12H16S2/c1-9-4-6-10(7-5-9)11-8-12(2,3)14-13-11/h4-7,11H,8H2,1-3H3/t11-/m1/s1. The predicted molar refractivity (Wildman–Crippen MR) is 67.8 cm³/mol. The molecule has 2 rings (SSSR count). The van der Waals surface area contributed by atoms with Gasteiger partial charge in [0, 0.05) is 10.00 Å². The lowest BCUT2D eigenvalue weighted by molar-refractivity contribution is 0.645. The monoisotopic (exact) mass is 224 g/mol. The first-order chi connectivity index (χ1) is 6.57. The lowest BCUT2D eigenvalue weighted by Crippen LogP contribution is -2.09. The van der Waals surface area contributed by atoms with E-state index in [4.69, 9.17) is 0 Å². The van der Waals surface area contributed by atoms with E-state index in [1.807, 2.05) is 21.6 Å². The fourth-order valence-corrected chi connectivity index (χ4v) is 5.00. The zero-order valence-electron chi connectivity index (χ0n) is 8.91. The molecule has 0 aromatic heterocycles. The first kappa shape index (κ1) is 10.4. The molecule has 0 radical (unpaired) electrons. The van der Waals surface area contributed by atoms with Gasteiger partial charge in [-0.15, -0.1) is 0 Å². The van der Waals surface area contributed by atoms with Gasteiger partial charge in [-0.25, -0.2) is 0 Å². The molecule has 0 N–H and O–H groups in total. The first-order valence-corrected chi connectivity index (χ1v) is 7.19. The topological polar surface area (TPSA) is 0 Å².